The molecule has 0 aromatic rings. The molecule has 0 unspecified atom stereocenters. The van der Waals surface area contributed by atoms with Gasteiger partial charge in [-0.2, -0.15) is 0 Å². The van der Waals surface area contributed by atoms with Crippen LogP contribution in [0.1, 0.15) is 47.5 Å². The average Bonchev–Trinajstić information content (AvgIpc) is 2.25. The molecule has 1 heterocycles. The van der Waals surface area contributed by atoms with E-state index in [0.29, 0.717) is 19.4 Å². The third-order valence-electron chi connectivity index (χ3n) is 3.50. The predicted octanol–water partition coefficient (Wildman–Crippen LogP) is 1.59. The van der Waals surface area contributed by atoms with Crippen molar-refractivity contribution in [1.29, 1.82) is 0 Å². The van der Waals surface area contributed by atoms with Crippen molar-refractivity contribution in [3.63, 3.8) is 0 Å². The smallest absolute Gasteiger partial charge is 0.407 e. The summed E-state index contributed by atoms with van der Waals surface area (Å²) in [6, 6.07) is -0.274. The van der Waals surface area contributed by atoms with E-state index in [1.807, 2.05) is 13.8 Å². The van der Waals surface area contributed by atoms with E-state index in [4.69, 9.17) is 4.43 Å². The summed E-state index contributed by atoms with van der Waals surface area (Å²) in [6.07, 6.45) is -0.390. The van der Waals surface area contributed by atoms with Crippen LogP contribution in [-0.2, 0) is 4.43 Å². The lowest BCUT2D eigenvalue weighted by Crippen LogP contribution is -2.58. The summed E-state index contributed by atoms with van der Waals surface area (Å²) in [6.45, 7) is 10.7. The molecule has 2 atom stereocenters. The summed E-state index contributed by atoms with van der Waals surface area (Å²) in [5.74, 6) is 0. The molecule has 0 radical (unpaired) electrons. The minimum Gasteiger partial charge on any atom is -0.465 e. The highest BCUT2D eigenvalue weighted by Gasteiger charge is 2.41. The van der Waals surface area contributed by atoms with E-state index in [9.17, 15) is 15.0 Å². The summed E-state index contributed by atoms with van der Waals surface area (Å²) >= 11 is 0. The molecule has 1 amide bonds. The Hall–Kier alpha value is -0.593. The number of hydrogen-bond donors (Lipinski definition) is 2. The minimum absolute atomic E-state index is 0.165. The van der Waals surface area contributed by atoms with Crippen molar-refractivity contribution in [2.45, 2.75) is 70.2 Å². The van der Waals surface area contributed by atoms with Crippen molar-refractivity contribution < 1.29 is 19.4 Å². The van der Waals surface area contributed by atoms with Crippen molar-refractivity contribution in [3.05, 3.63) is 0 Å². The van der Waals surface area contributed by atoms with E-state index in [1.54, 1.807) is 0 Å². The Morgan fingerprint density at radius 3 is 2.37 bits per heavy atom. The number of piperidine rings is 1. The highest BCUT2D eigenvalue weighted by Crippen LogP contribution is 2.31. The molecule has 112 valence electrons. The first-order valence-corrected chi connectivity index (χ1v) is 8.13. The van der Waals surface area contributed by atoms with Crippen LogP contribution >= 0.6 is 0 Å². The largest absolute Gasteiger partial charge is 0.465 e. The summed E-state index contributed by atoms with van der Waals surface area (Å²) in [7, 11) is -0.765. The maximum absolute atomic E-state index is 11.3. The molecule has 6 heteroatoms. The van der Waals surface area contributed by atoms with Crippen molar-refractivity contribution in [2.24, 2.45) is 0 Å². The van der Waals surface area contributed by atoms with E-state index in [1.165, 1.54) is 4.90 Å². The van der Waals surface area contributed by atoms with E-state index in [-0.39, 0.29) is 11.1 Å². The number of carbonyl (C=O) groups is 1. The Balaban J connectivity index is 2.79. The predicted molar refractivity (Wildman–Crippen MR) is 77.2 cm³/mol. The van der Waals surface area contributed by atoms with Crippen molar-refractivity contribution in [1.82, 2.24) is 4.90 Å². The van der Waals surface area contributed by atoms with Gasteiger partial charge in [0.25, 0.3) is 0 Å². The van der Waals surface area contributed by atoms with Gasteiger partial charge in [-0.1, -0.05) is 20.8 Å². The second-order valence-corrected chi connectivity index (χ2v) is 9.82. The summed E-state index contributed by atoms with van der Waals surface area (Å²) < 4.78 is 6.08. The SMILES string of the molecule is CC(C)(C)[SiH2]OC(C)(C)[C@H]1C[C@@H](O)CCN1C(=O)O. The molecular formula is C13H27NO4Si. The van der Waals surface area contributed by atoms with Gasteiger partial charge in [-0.25, -0.2) is 4.79 Å². The van der Waals surface area contributed by atoms with Gasteiger partial charge in [-0.05, 0) is 31.7 Å². The average molecular weight is 289 g/mol. The first-order valence-electron chi connectivity index (χ1n) is 6.84. The maximum Gasteiger partial charge on any atom is 0.407 e. The molecule has 5 nitrogen and oxygen atoms in total. The van der Waals surface area contributed by atoms with Crippen molar-refractivity contribution >= 4 is 15.9 Å². The van der Waals surface area contributed by atoms with Gasteiger partial charge in [0.05, 0.1) is 17.7 Å². The zero-order valence-electron chi connectivity index (χ0n) is 12.6. The number of rotatable bonds is 3. The molecule has 2 N–H and O–H groups in total. The summed E-state index contributed by atoms with van der Waals surface area (Å²) in [5, 5.41) is 19.3. The molecule has 0 saturated carbocycles. The van der Waals surface area contributed by atoms with E-state index in [2.05, 4.69) is 20.8 Å². The zero-order chi connectivity index (χ0) is 14.8. The molecule has 1 saturated heterocycles. The molecule has 19 heavy (non-hydrogen) atoms. The number of likely N-dealkylation sites (tertiary alicyclic amines) is 1. The van der Waals surface area contributed by atoms with Crippen LogP contribution in [0.3, 0.4) is 0 Å². The normalized spacial score (nSPS) is 26.1. The van der Waals surface area contributed by atoms with Crippen LogP contribution < -0.4 is 0 Å². The Morgan fingerprint density at radius 2 is 1.89 bits per heavy atom. The van der Waals surface area contributed by atoms with Crippen LogP contribution in [0.5, 0.6) is 0 Å². The number of aliphatic hydroxyl groups is 1. The maximum atomic E-state index is 11.3. The van der Waals surface area contributed by atoms with E-state index in [0.717, 1.165) is 0 Å². The molecule has 1 fully saturated rings. The molecule has 1 aliphatic rings. The highest BCUT2D eigenvalue weighted by atomic mass is 28.2. The molecule has 0 aromatic carbocycles. The van der Waals surface area contributed by atoms with E-state index >= 15 is 0 Å². The van der Waals surface area contributed by atoms with Gasteiger partial charge in [0.2, 0.25) is 0 Å². The standard InChI is InChI=1S/C13H27NO4Si/c1-12(2,3)19-18-13(4,5)10-8-9(15)6-7-14(10)11(16)17/h9-10,15H,6-8,19H2,1-5H3,(H,16,17)/t9-,10+/m0/s1. The van der Waals surface area contributed by atoms with Gasteiger partial charge >= 0.3 is 6.09 Å². The van der Waals surface area contributed by atoms with Gasteiger partial charge in [0.1, 0.15) is 0 Å². The van der Waals surface area contributed by atoms with Crippen molar-refractivity contribution in [2.75, 3.05) is 6.54 Å². The van der Waals surface area contributed by atoms with Crippen LogP contribution in [0.2, 0.25) is 5.04 Å². The molecule has 1 rings (SSSR count). The molecule has 0 aromatic heterocycles. The Kier molecular flexibility index (Phi) is 5.03. The highest BCUT2D eigenvalue weighted by molar-refractivity contribution is 6.31. The van der Waals surface area contributed by atoms with Crippen molar-refractivity contribution in [3.8, 4) is 0 Å². The topological polar surface area (TPSA) is 70.0 Å². The number of carboxylic acid groups (broad SMARTS) is 1. The molecule has 0 aliphatic carbocycles. The molecule has 0 bridgehead atoms. The first kappa shape index (κ1) is 16.5. The lowest BCUT2D eigenvalue weighted by Gasteiger charge is -2.45. The Labute approximate surface area is 117 Å². The van der Waals surface area contributed by atoms with Gasteiger partial charge in [-0.3, -0.25) is 0 Å². The van der Waals surface area contributed by atoms with Gasteiger partial charge < -0.3 is 19.5 Å². The van der Waals surface area contributed by atoms with Crippen LogP contribution in [0, 0.1) is 0 Å². The number of amides is 1. The second-order valence-electron chi connectivity index (χ2n) is 7.12. The molecule has 0 spiro atoms. The fourth-order valence-electron chi connectivity index (χ4n) is 2.33. The van der Waals surface area contributed by atoms with Crippen LogP contribution in [0.15, 0.2) is 0 Å². The van der Waals surface area contributed by atoms with Crippen LogP contribution in [0.4, 0.5) is 4.79 Å². The van der Waals surface area contributed by atoms with Gasteiger partial charge in [0, 0.05) is 6.54 Å². The lowest BCUT2D eigenvalue weighted by molar-refractivity contribution is -0.0430. The van der Waals surface area contributed by atoms with Gasteiger partial charge in [-0.15, -0.1) is 0 Å². The quantitative estimate of drug-likeness (QED) is 0.774. The second kappa shape index (κ2) is 5.81. The Morgan fingerprint density at radius 1 is 1.32 bits per heavy atom. The third kappa shape index (κ3) is 4.78. The number of aliphatic hydroxyl groups excluding tert-OH is 1. The van der Waals surface area contributed by atoms with E-state index < -0.39 is 27.6 Å². The molecule has 1 aliphatic heterocycles. The van der Waals surface area contributed by atoms with Crippen LogP contribution in [-0.4, -0.2) is 55.3 Å². The number of hydrogen-bond acceptors (Lipinski definition) is 3. The third-order valence-corrected chi connectivity index (χ3v) is 5.25. The fraction of sp³-hybridized carbons (Fsp3) is 0.923. The van der Waals surface area contributed by atoms with Gasteiger partial charge in [0.15, 0.2) is 9.76 Å². The summed E-state index contributed by atoms with van der Waals surface area (Å²) in [4.78, 5) is 12.7. The summed E-state index contributed by atoms with van der Waals surface area (Å²) in [5.41, 5.74) is -0.542. The molecular weight excluding hydrogens is 262 g/mol. The monoisotopic (exact) mass is 289 g/mol. The number of nitrogens with zero attached hydrogens (tertiary/aromatic N) is 1. The minimum atomic E-state index is -0.925. The first-order chi connectivity index (χ1) is 8.53. The van der Waals surface area contributed by atoms with Crippen LogP contribution in [0.25, 0.3) is 0 Å². The zero-order valence-corrected chi connectivity index (χ0v) is 14.1. The Bertz CT molecular complexity index is 327. The lowest BCUT2D eigenvalue weighted by atomic mass is 9.88. The fourth-order valence-corrected chi connectivity index (χ4v) is 3.33.